The van der Waals surface area contributed by atoms with Crippen molar-refractivity contribution in [3.8, 4) is 0 Å². The van der Waals surface area contributed by atoms with E-state index < -0.39 is 91.1 Å². The molecule has 1 saturated heterocycles. The van der Waals surface area contributed by atoms with Crippen LogP contribution in [0.5, 0.6) is 0 Å². The lowest BCUT2D eigenvalue weighted by atomic mass is 9.76. The molecule has 8 nitrogen and oxygen atoms in total. The number of carboxylic acid groups (broad SMARTS) is 1. The molecule has 1 aliphatic heterocycles. The number of fused-ring (bicyclic) bond motifs is 1. The smallest absolute Gasteiger partial charge is 0.403 e. The second-order valence-corrected chi connectivity index (χ2v) is 14.5. The third kappa shape index (κ3) is 9.47. The molecule has 0 radical (unpaired) electrons. The highest BCUT2D eigenvalue weighted by molar-refractivity contribution is 7.17. The minimum Gasteiger partial charge on any atom is -0.480 e. The molecule has 3 aromatic rings. The van der Waals surface area contributed by atoms with E-state index in [1.54, 1.807) is 24.3 Å². The topological polar surface area (TPSA) is 94.9 Å². The number of nitrogens with zero attached hydrogens (tertiary/aromatic N) is 3. The SMILES string of the molecule is CN(C)CCc1ccc2c(c1)c(C(F)(F)P)c(Cc1cccc(CC(NC(=O)C3(C(F)(F)F)CCN(CC(C)(F)F)CC3)C(=O)O)c1)c(=O)n2C. The summed E-state index contributed by atoms with van der Waals surface area (Å²) in [4.78, 5) is 42.0. The maximum Gasteiger partial charge on any atom is 0.403 e. The molecule has 280 valence electrons. The Hall–Kier alpha value is -3.55. The van der Waals surface area contributed by atoms with Crippen LogP contribution in [0.3, 0.4) is 0 Å². The molecule has 0 saturated carbocycles. The summed E-state index contributed by atoms with van der Waals surface area (Å²) in [5.41, 5.74) is -6.08. The third-order valence-electron chi connectivity index (χ3n) is 9.34. The molecule has 0 bridgehead atoms. The molecule has 2 N–H and O–H groups in total. The van der Waals surface area contributed by atoms with Crippen molar-refractivity contribution in [2.45, 2.75) is 62.8 Å². The van der Waals surface area contributed by atoms with Crippen molar-refractivity contribution in [2.24, 2.45) is 12.5 Å². The van der Waals surface area contributed by atoms with E-state index in [1.165, 1.54) is 39.1 Å². The summed E-state index contributed by atoms with van der Waals surface area (Å²) in [7, 11) is 6.74. The van der Waals surface area contributed by atoms with E-state index in [4.69, 9.17) is 0 Å². The minimum absolute atomic E-state index is 0.186. The molecule has 16 heteroatoms. The van der Waals surface area contributed by atoms with Crippen LogP contribution in [0.25, 0.3) is 10.9 Å². The van der Waals surface area contributed by atoms with Gasteiger partial charge >= 0.3 is 12.1 Å². The second-order valence-electron chi connectivity index (χ2n) is 13.7. The first-order valence-electron chi connectivity index (χ1n) is 16.3. The first-order valence-corrected chi connectivity index (χ1v) is 16.8. The number of hydrogen-bond donors (Lipinski definition) is 2. The van der Waals surface area contributed by atoms with Gasteiger partial charge < -0.3 is 19.9 Å². The molecule has 4 rings (SSSR count). The highest BCUT2D eigenvalue weighted by atomic mass is 31.0. The van der Waals surface area contributed by atoms with Gasteiger partial charge in [-0.1, -0.05) is 39.6 Å². The standard InChI is InChI=1S/C35H42F7N4O4P/c1-32(36,37)20-46-14-11-33(12-15-46,35(40,41)42)31(50)43-26(30(48)49)19-23-7-5-6-22(16-23)18-25-28(34(38,39)51)24-17-21(10-13-44(2)3)8-9-27(24)45(4)29(25)47/h5-9,16-17,26H,10-15,18-20,51H2,1-4H3,(H,43,50)(H,48,49). The summed E-state index contributed by atoms with van der Waals surface area (Å²) in [5, 5.41) is 12.1. The van der Waals surface area contributed by atoms with Crippen molar-refractivity contribution >= 4 is 32.0 Å². The van der Waals surface area contributed by atoms with Crippen LogP contribution < -0.4 is 10.9 Å². The number of carboxylic acids is 1. The van der Waals surface area contributed by atoms with Gasteiger partial charge in [-0.25, -0.2) is 13.6 Å². The number of likely N-dealkylation sites (tertiary alicyclic amines) is 1. The Labute approximate surface area is 293 Å². The largest absolute Gasteiger partial charge is 0.480 e. The fraction of sp³-hybridized carbons (Fsp3) is 0.514. The van der Waals surface area contributed by atoms with Gasteiger partial charge in [0, 0.05) is 49.9 Å². The summed E-state index contributed by atoms with van der Waals surface area (Å²) in [6.45, 7) is -0.370. The number of carbonyl (C=O) groups is 2. The van der Waals surface area contributed by atoms with Crippen LogP contribution in [0, 0.1) is 5.41 Å². The van der Waals surface area contributed by atoms with Crippen LogP contribution in [0.15, 0.2) is 47.3 Å². The van der Waals surface area contributed by atoms with Crippen molar-refractivity contribution in [3.05, 3.63) is 80.6 Å². The van der Waals surface area contributed by atoms with Crippen molar-refractivity contribution in [1.82, 2.24) is 19.7 Å². The summed E-state index contributed by atoms with van der Waals surface area (Å²) < 4.78 is 102. The van der Waals surface area contributed by atoms with Crippen molar-refractivity contribution in [3.63, 3.8) is 0 Å². The number of aliphatic carboxylic acids is 1. The number of rotatable bonds is 13. The predicted octanol–water partition coefficient (Wildman–Crippen LogP) is 5.57. The van der Waals surface area contributed by atoms with E-state index >= 15 is 8.78 Å². The number of likely N-dealkylation sites (N-methyl/N-ethyl adjacent to an activating group) is 1. The van der Waals surface area contributed by atoms with E-state index in [0.29, 0.717) is 31.0 Å². The monoisotopic (exact) mass is 746 g/mol. The van der Waals surface area contributed by atoms with Crippen molar-refractivity contribution in [2.75, 3.05) is 40.3 Å². The first-order chi connectivity index (χ1) is 23.5. The van der Waals surface area contributed by atoms with Crippen LogP contribution >= 0.6 is 9.24 Å². The number of aryl methyl sites for hydroxylation is 1. The average molecular weight is 747 g/mol. The summed E-state index contributed by atoms with van der Waals surface area (Å²) in [5.74, 6) is -6.34. The Morgan fingerprint density at radius 2 is 1.63 bits per heavy atom. The van der Waals surface area contributed by atoms with Crippen LogP contribution in [0.2, 0.25) is 0 Å². The number of halogens is 7. The lowest BCUT2D eigenvalue weighted by Gasteiger charge is -2.42. The summed E-state index contributed by atoms with van der Waals surface area (Å²) in [6.07, 6.45) is -6.91. The number of benzene rings is 2. The lowest BCUT2D eigenvalue weighted by molar-refractivity contribution is -0.234. The number of amides is 1. The third-order valence-corrected chi connectivity index (χ3v) is 9.63. The van der Waals surface area contributed by atoms with E-state index in [1.807, 2.05) is 24.3 Å². The average Bonchev–Trinajstić information content (AvgIpc) is 3.00. The molecular weight excluding hydrogens is 704 g/mol. The van der Waals surface area contributed by atoms with Gasteiger partial charge in [0.15, 0.2) is 0 Å². The predicted molar refractivity (Wildman–Crippen MR) is 182 cm³/mol. The maximum absolute atomic E-state index is 15.3. The Morgan fingerprint density at radius 1 is 1.00 bits per heavy atom. The quantitative estimate of drug-likeness (QED) is 0.176. The molecule has 1 aromatic heterocycles. The number of nitrogens with one attached hydrogen (secondary N) is 1. The second kappa shape index (κ2) is 15.2. The van der Waals surface area contributed by atoms with E-state index in [0.717, 1.165) is 10.5 Å². The van der Waals surface area contributed by atoms with E-state index in [2.05, 4.69) is 0 Å². The van der Waals surface area contributed by atoms with Gasteiger partial charge in [-0.05, 0) is 75.3 Å². The van der Waals surface area contributed by atoms with Gasteiger partial charge in [0.1, 0.15) is 11.5 Å². The molecule has 1 amide bonds. The molecule has 0 aliphatic carbocycles. The number of piperidine rings is 1. The van der Waals surface area contributed by atoms with Gasteiger partial charge in [-0.2, -0.15) is 22.0 Å². The number of alkyl halides is 7. The van der Waals surface area contributed by atoms with Gasteiger partial charge in [0.2, 0.25) is 5.91 Å². The van der Waals surface area contributed by atoms with Crippen LogP contribution in [0.4, 0.5) is 30.7 Å². The highest BCUT2D eigenvalue weighted by Crippen LogP contribution is 2.47. The van der Waals surface area contributed by atoms with Gasteiger partial charge in [0.05, 0.1) is 12.1 Å². The summed E-state index contributed by atoms with van der Waals surface area (Å²) >= 11 is 0. The molecule has 2 aromatic carbocycles. The molecule has 51 heavy (non-hydrogen) atoms. The first kappa shape index (κ1) is 40.2. The summed E-state index contributed by atoms with van der Waals surface area (Å²) in [6, 6.07) is 9.19. The van der Waals surface area contributed by atoms with Gasteiger partial charge in [-0.15, -0.1) is 0 Å². The Balaban J connectivity index is 1.63. The maximum atomic E-state index is 15.3. The zero-order chi connectivity index (χ0) is 38.1. The Morgan fingerprint density at radius 3 is 2.18 bits per heavy atom. The number of carbonyl (C=O) groups excluding carboxylic acids is 1. The van der Waals surface area contributed by atoms with Crippen LogP contribution in [0.1, 0.15) is 47.6 Å². The number of pyridine rings is 1. The molecule has 1 aliphatic rings. The lowest BCUT2D eigenvalue weighted by Crippen LogP contribution is -2.59. The van der Waals surface area contributed by atoms with Crippen molar-refractivity contribution < 1.29 is 45.4 Å². The van der Waals surface area contributed by atoms with E-state index in [9.17, 15) is 41.4 Å². The fourth-order valence-corrected chi connectivity index (χ4v) is 6.97. The van der Waals surface area contributed by atoms with Crippen LogP contribution in [-0.4, -0.2) is 89.8 Å². The van der Waals surface area contributed by atoms with E-state index in [-0.39, 0.29) is 22.9 Å². The molecule has 0 spiro atoms. The molecular formula is C35H42F7N4O4P. The normalized spacial score (nSPS) is 16.4. The van der Waals surface area contributed by atoms with Crippen LogP contribution in [-0.2, 0) is 41.6 Å². The fourth-order valence-electron chi connectivity index (χ4n) is 6.64. The van der Waals surface area contributed by atoms with Gasteiger partial charge in [-0.3, -0.25) is 14.5 Å². The van der Waals surface area contributed by atoms with Gasteiger partial charge in [0.25, 0.3) is 17.1 Å². The Kier molecular flexibility index (Phi) is 12.0. The molecule has 1 fully saturated rings. The molecule has 2 unspecified atom stereocenters. The van der Waals surface area contributed by atoms with Crippen molar-refractivity contribution in [1.29, 1.82) is 0 Å². The zero-order valence-corrected chi connectivity index (χ0v) is 29.9. The number of hydrogen-bond acceptors (Lipinski definition) is 5. The Bertz CT molecular complexity index is 1810. The minimum atomic E-state index is -5.09. The number of aromatic nitrogens is 1. The zero-order valence-electron chi connectivity index (χ0n) is 28.7. The molecule has 2 heterocycles. The molecule has 2 atom stereocenters. The highest BCUT2D eigenvalue weighted by Gasteiger charge is 2.61.